The highest BCUT2D eigenvalue weighted by atomic mass is 35.5. The Balaban J connectivity index is 2.43. The lowest BCUT2D eigenvalue weighted by Gasteiger charge is -2.16. The second-order valence-corrected chi connectivity index (χ2v) is 4.18. The van der Waals surface area contributed by atoms with E-state index in [1.165, 1.54) is 11.9 Å². The largest absolute Gasteiger partial charge is 0.482 e. The summed E-state index contributed by atoms with van der Waals surface area (Å²) in [5.74, 6) is -0.342. The van der Waals surface area contributed by atoms with Gasteiger partial charge in [0.2, 0.25) is 0 Å². The van der Waals surface area contributed by atoms with Crippen molar-refractivity contribution in [2.45, 2.75) is 6.92 Å². The Kier molecular flexibility index (Phi) is 6.15. The second kappa shape index (κ2) is 7.63. The van der Waals surface area contributed by atoms with Gasteiger partial charge < -0.3 is 14.4 Å². The molecule has 0 saturated carbocycles. The molecule has 0 saturated heterocycles. The lowest BCUT2D eigenvalue weighted by Crippen LogP contribution is -2.36. The molecule has 1 amide bonds. The second-order valence-electron chi connectivity index (χ2n) is 3.77. The van der Waals surface area contributed by atoms with Gasteiger partial charge in [-0.2, -0.15) is 0 Å². The predicted molar refractivity (Wildman–Crippen MR) is 71.2 cm³/mol. The number of benzene rings is 1. The van der Waals surface area contributed by atoms with Crippen molar-refractivity contribution in [2.24, 2.45) is 0 Å². The first-order chi connectivity index (χ1) is 9.04. The normalized spacial score (nSPS) is 9.84. The van der Waals surface area contributed by atoms with Crippen LogP contribution in [0.1, 0.15) is 6.92 Å². The molecule has 0 fully saturated rings. The van der Waals surface area contributed by atoms with E-state index in [1.807, 2.05) is 0 Å². The Bertz CT molecular complexity index is 450. The minimum Gasteiger partial charge on any atom is -0.482 e. The first kappa shape index (κ1) is 15.3. The molecule has 0 aromatic heterocycles. The maximum Gasteiger partial charge on any atom is 0.325 e. The molecule has 1 rings (SSSR count). The monoisotopic (exact) mass is 285 g/mol. The molecular weight excluding hydrogens is 270 g/mol. The summed E-state index contributed by atoms with van der Waals surface area (Å²) < 4.78 is 10.0. The van der Waals surface area contributed by atoms with Gasteiger partial charge in [0.25, 0.3) is 5.91 Å². The summed E-state index contributed by atoms with van der Waals surface area (Å²) in [7, 11) is 1.51. The number of esters is 1. The lowest BCUT2D eigenvalue weighted by molar-refractivity contribution is -0.148. The molecule has 1 aromatic rings. The summed E-state index contributed by atoms with van der Waals surface area (Å²) in [6.07, 6.45) is 0. The average molecular weight is 286 g/mol. The zero-order valence-electron chi connectivity index (χ0n) is 10.9. The van der Waals surface area contributed by atoms with Gasteiger partial charge >= 0.3 is 5.97 Å². The fourth-order valence-electron chi connectivity index (χ4n) is 1.30. The van der Waals surface area contributed by atoms with E-state index in [-0.39, 0.29) is 25.7 Å². The van der Waals surface area contributed by atoms with Crippen LogP contribution < -0.4 is 4.74 Å². The fraction of sp³-hybridized carbons (Fsp3) is 0.385. The van der Waals surface area contributed by atoms with Gasteiger partial charge in [-0.05, 0) is 19.1 Å². The third kappa shape index (κ3) is 5.18. The first-order valence-electron chi connectivity index (χ1n) is 5.81. The molecule has 0 spiro atoms. The van der Waals surface area contributed by atoms with Gasteiger partial charge in [0.1, 0.15) is 12.3 Å². The Morgan fingerprint density at radius 2 is 2.00 bits per heavy atom. The number of likely N-dealkylation sites (N-methyl/N-ethyl adjacent to an activating group) is 1. The quantitative estimate of drug-likeness (QED) is 0.747. The SMILES string of the molecule is CCOC(=O)CN(C)C(=O)COc1ccccc1Cl. The van der Waals surface area contributed by atoms with Crippen molar-refractivity contribution in [3.05, 3.63) is 29.3 Å². The fourth-order valence-corrected chi connectivity index (χ4v) is 1.49. The number of ether oxygens (including phenoxy) is 2. The van der Waals surface area contributed by atoms with Crippen molar-refractivity contribution in [1.29, 1.82) is 0 Å². The molecule has 6 heteroatoms. The molecule has 0 N–H and O–H groups in total. The van der Waals surface area contributed by atoms with Crippen molar-refractivity contribution >= 4 is 23.5 Å². The molecule has 0 atom stereocenters. The number of para-hydroxylation sites is 1. The van der Waals surface area contributed by atoms with Gasteiger partial charge in [0.15, 0.2) is 6.61 Å². The van der Waals surface area contributed by atoms with Crippen LogP contribution in [-0.2, 0) is 14.3 Å². The van der Waals surface area contributed by atoms with E-state index in [4.69, 9.17) is 21.1 Å². The van der Waals surface area contributed by atoms with Crippen LogP contribution in [0, 0.1) is 0 Å². The Morgan fingerprint density at radius 3 is 2.63 bits per heavy atom. The van der Waals surface area contributed by atoms with Gasteiger partial charge in [0.05, 0.1) is 11.6 Å². The maximum atomic E-state index is 11.7. The van der Waals surface area contributed by atoms with Crippen molar-refractivity contribution in [3.8, 4) is 5.75 Å². The topological polar surface area (TPSA) is 55.8 Å². The Labute approximate surface area is 117 Å². The summed E-state index contributed by atoms with van der Waals surface area (Å²) in [6.45, 7) is 1.72. The van der Waals surface area contributed by atoms with Crippen molar-refractivity contribution in [2.75, 3.05) is 26.8 Å². The summed E-state index contributed by atoms with van der Waals surface area (Å²) in [6, 6.07) is 6.86. The van der Waals surface area contributed by atoms with Gasteiger partial charge in [-0.15, -0.1) is 0 Å². The number of carbonyl (C=O) groups excluding carboxylic acids is 2. The van der Waals surface area contributed by atoms with Crippen molar-refractivity contribution in [1.82, 2.24) is 4.90 Å². The number of rotatable bonds is 6. The minimum atomic E-state index is -0.448. The standard InChI is InChI=1S/C13H16ClNO4/c1-3-18-13(17)8-15(2)12(16)9-19-11-7-5-4-6-10(11)14/h4-7H,3,8-9H2,1-2H3. The molecule has 0 heterocycles. The zero-order chi connectivity index (χ0) is 14.3. The first-order valence-corrected chi connectivity index (χ1v) is 6.19. The Hall–Kier alpha value is -1.75. The molecule has 0 radical (unpaired) electrons. The highest BCUT2D eigenvalue weighted by Crippen LogP contribution is 2.22. The summed E-state index contributed by atoms with van der Waals surface area (Å²) in [4.78, 5) is 24.2. The Morgan fingerprint density at radius 1 is 1.32 bits per heavy atom. The third-order valence-electron chi connectivity index (χ3n) is 2.29. The summed E-state index contributed by atoms with van der Waals surface area (Å²) in [5.41, 5.74) is 0. The van der Waals surface area contributed by atoms with Gasteiger partial charge in [0, 0.05) is 7.05 Å². The van der Waals surface area contributed by atoms with Gasteiger partial charge in [-0.1, -0.05) is 23.7 Å². The van der Waals surface area contributed by atoms with Crippen molar-refractivity contribution in [3.63, 3.8) is 0 Å². The van der Waals surface area contributed by atoms with E-state index < -0.39 is 5.97 Å². The van der Waals surface area contributed by atoms with E-state index >= 15 is 0 Å². The van der Waals surface area contributed by atoms with E-state index in [2.05, 4.69) is 0 Å². The number of hydrogen-bond acceptors (Lipinski definition) is 4. The molecule has 104 valence electrons. The number of nitrogens with zero attached hydrogens (tertiary/aromatic N) is 1. The third-order valence-corrected chi connectivity index (χ3v) is 2.60. The summed E-state index contributed by atoms with van der Waals surface area (Å²) in [5, 5.41) is 0.434. The zero-order valence-corrected chi connectivity index (χ0v) is 11.6. The highest BCUT2D eigenvalue weighted by molar-refractivity contribution is 6.32. The van der Waals surface area contributed by atoms with Crippen LogP contribution in [0.15, 0.2) is 24.3 Å². The summed E-state index contributed by atoms with van der Waals surface area (Å²) >= 11 is 5.89. The van der Waals surface area contributed by atoms with Crippen LogP contribution >= 0.6 is 11.6 Å². The number of halogens is 1. The number of hydrogen-bond donors (Lipinski definition) is 0. The molecule has 0 aliphatic heterocycles. The molecule has 0 aliphatic carbocycles. The van der Waals surface area contributed by atoms with Crippen LogP contribution in [0.3, 0.4) is 0 Å². The van der Waals surface area contributed by atoms with E-state index in [1.54, 1.807) is 31.2 Å². The number of carbonyl (C=O) groups is 2. The van der Waals surface area contributed by atoms with Crippen LogP contribution in [0.5, 0.6) is 5.75 Å². The van der Waals surface area contributed by atoms with E-state index in [9.17, 15) is 9.59 Å². The molecular formula is C13H16ClNO4. The van der Waals surface area contributed by atoms with Crippen molar-refractivity contribution < 1.29 is 19.1 Å². The molecule has 0 unspecified atom stereocenters. The molecule has 0 aliphatic rings. The van der Waals surface area contributed by atoms with Crippen LogP contribution in [-0.4, -0.2) is 43.6 Å². The smallest absolute Gasteiger partial charge is 0.325 e. The van der Waals surface area contributed by atoms with Gasteiger partial charge in [-0.3, -0.25) is 9.59 Å². The average Bonchev–Trinajstić information content (AvgIpc) is 2.37. The minimum absolute atomic E-state index is 0.0987. The molecule has 19 heavy (non-hydrogen) atoms. The van der Waals surface area contributed by atoms with E-state index in [0.29, 0.717) is 10.8 Å². The lowest BCUT2D eigenvalue weighted by atomic mass is 10.3. The number of amides is 1. The van der Waals surface area contributed by atoms with Crippen LogP contribution in [0.25, 0.3) is 0 Å². The van der Waals surface area contributed by atoms with Crippen LogP contribution in [0.4, 0.5) is 0 Å². The predicted octanol–water partition coefficient (Wildman–Crippen LogP) is 1.74. The van der Waals surface area contributed by atoms with Crippen LogP contribution in [0.2, 0.25) is 5.02 Å². The highest BCUT2D eigenvalue weighted by Gasteiger charge is 2.14. The molecule has 1 aromatic carbocycles. The van der Waals surface area contributed by atoms with E-state index in [0.717, 1.165) is 0 Å². The molecule has 0 bridgehead atoms. The van der Waals surface area contributed by atoms with Gasteiger partial charge in [-0.25, -0.2) is 0 Å². The maximum absolute atomic E-state index is 11.7. The molecule has 5 nitrogen and oxygen atoms in total.